The first-order chi connectivity index (χ1) is 14.6. The average molecular weight is 426 g/mol. The molecule has 0 fully saturated rings. The van der Waals surface area contributed by atoms with Crippen molar-refractivity contribution in [3.8, 4) is 5.75 Å². The summed E-state index contributed by atoms with van der Waals surface area (Å²) in [6.07, 6.45) is 1.58. The number of hydrogen-bond donors (Lipinski definition) is 1. The van der Waals surface area contributed by atoms with Crippen LogP contribution in [0.2, 0.25) is 0 Å². The molecule has 30 heavy (non-hydrogen) atoms. The van der Waals surface area contributed by atoms with Crippen LogP contribution in [0.4, 0.5) is 0 Å². The molecule has 1 heterocycles. The molecule has 0 radical (unpaired) electrons. The molecule has 1 amide bonds. The van der Waals surface area contributed by atoms with Crippen LogP contribution in [0.3, 0.4) is 0 Å². The van der Waals surface area contributed by atoms with Gasteiger partial charge in [-0.3, -0.25) is 4.79 Å². The summed E-state index contributed by atoms with van der Waals surface area (Å²) in [6.45, 7) is 0.251. The number of amides is 1. The van der Waals surface area contributed by atoms with Crippen molar-refractivity contribution in [2.24, 2.45) is 0 Å². The number of nitrogens with one attached hydrogen (secondary N) is 1. The first-order valence-electron chi connectivity index (χ1n) is 9.40. The molecule has 6 nitrogen and oxygen atoms in total. The number of benzene rings is 2. The van der Waals surface area contributed by atoms with Gasteiger partial charge in [-0.25, -0.2) is 4.79 Å². The summed E-state index contributed by atoms with van der Waals surface area (Å²) in [4.78, 5) is 23.5. The summed E-state index contributed by atoms with van der Waals surface area (Å²) >= 11 is 1.73. The molecule has 0 aliphatic carbocycles. The zero-order valence-corrected chi connectivity index (χ0v) is 17.4. The third kappa shape index (κ3) is 6.70. The Balaban J connectivity index is 1.48. The molecule has 0 aliphatic rings. The number of hydrogen-bond acceptors (Lipinski definition) is 6. The second-order valence-corrected chi connectivity index (χ2v) is 7.45. The minimum absolute atomic E-state index is 0.109. The van der Waals surface area contributed by atoms with E-state index in [-0.39, 0.29) is 12.5 Å². The van der Waals surface area contributed by atoms with Crippen molar-refractivity contribution < 1.29 is 23.5 Å². The Morgan fingerprint density at radius 2 is 1.77 bits per heavy atom. The van der Waals surface area contributed by atoms with Crippen LogP contribution < -0.4 is 10.1 Å². The van der Waals surface area contributed by atoms with Crippen LogP contribution in [0.15, 0.2) is 71.3 Å². The Hall–Kier alpha value is -3.19. The van der Waals surface area contributed by atoms with Crippen molar-refractivity contribution in [3.63, 3.8) is 0 Å². The highest BCUT2D eigenvalue weighted by molar-refractivity contribution is 7.97. The maximum Gasteiger partial charge on any atom is 0.343 e. The Morgan fingerprint density at radius 1 is 1.00 bits per heavy atom. The van der Waals surface area contributed by atoms with Crippen LogP contribution in [0.25, 0.3) is 0 Å². The number of thioether (sulfide) groups is 1. The molecule has 156 valence electrons. The fraction of sp³-hybridized carbons (Fsp3) is 0.217. The van der Waals surface area contributed by atoms with Gasteiger partial charge < -0.3 is 19.2 Å². The number of carbonyl (C=O) groups excluding carboxylic acids is 2. The maximum atomic E-state index is 12.3. The van der Waals surface area contributed by atoms with E-state index in [0.717, 1.165) is 22.6 Å². The predicted molar refractivity (Wildman–Crippen MR) is 115 cm³/mol. The zero-order valence-electron chi connectivity index (χ0n) is 16.6. The van der Waals surface area contributed by atoms with Crippen molar-refractivity contribution in [1.29, 1.82) is 0 Å². The average Bonchev–Trinajstić information content (AvgIpc) is 3.30. The SMILES string of the molecule is COC(=O)COc1cccc(CSCc2cccc(C(=O)NCc3ccco3)c2)c1. The molecule has 1 aromatic heterocycles. The van der Waals surface area contributed by atoms with Crippen molar-refractivity contribution >= 4 is 23.6 Å². The Labute approximate surface area is 179 Å². The van der Waals surface area contributed by atoms with E-state index in [1.165, 1.54) is 7.11 Å². The molecule has 3 rings (SSSR count). The lowest BCUT2D eigenvalue weighted by atomic mass is 10.1. The minimum atomic E-state index is -0.414. The molecule has 0 saturated heterocycles. The Bertz CT molecular complexity index is 971. The van der Waals surface area contributed by atoms with Gasteiger partial charge >= 0.3 is 5.97 Å². The molecular formula is C23H23NO5S. The van der Waals surface area contributed by atoms with E-state index in [0.29, 0.717) is 23.6 Å². The number of furan rings is 1. The fourth-order valence-corrected chi connectivity index (χ4v) is 3.63. The van der Waals surface area contributed by atoms with E-state index >= 15 is 0 Å². The van der Waals surface area contributed by atoms with Gasteiger partial charge in [0.25, 0.3) is 5.91 Å². The smallest absolute Gasteiger partial charge is 0.343 e. The van der Waals surface area contributed by atoms with Crippen LogP contribution in [0, 0.1) is 0 Å². The fourth-order valence-electron chi connectivity index (χ4n) is 2.70. The van der Waals surface area contributed by atoms with Crippen molar-refractivity contribution in [2.75, 3.05) is 13.7 Å². The van der Waals surface area contributed by atoms with Gasteiger partial charge in [0.05, 0.1) is 19.9 Å². The zero-order chi connectivity index (χ0) is 21.2. The summed E-state index contributed by atoms with van der Waals surface area (Å²) in [5.41, 5.74) is 2.79. The van der Waals surface area contributed by atoms with Crippen LogP contribution >= 0.6 is 11.8 Å². The highest BCUT2D eigenvalue weighted by atomic mass is 32.2. The third-order valence-corrected chi connectivity index (χ3v) is 5.29. The van der Waals surface area contributed by atoms with E-state index in [4.69, 9.17) is 9.15 Å². The molecule has 0 spiro atoms. The monoisotopic (exact) mass is 425 g/mol. The third-order valence-electron chi connectivity index (χ3n) is 4.21. The van der Waals surface area contributed by atoms with E-state index in [1.807, 2.05) is 48.5 Å². The lowest BCUT2D eigenvalue weighted by molar-refractivity contribution is -0.142. The van der Waals surface area contributed by atoms with Crippen LogP contribution in [0.1, 0.15) is 27.2 Å². The summed E-state index contributed by atoms with van der Waals surface area (Å²) in [6, 6.07) is 18.8. The molecule has 0 unspecified atom stereocenters. The maximum absolute atomic E-state index is 12.3. The van der Waals surface area contributed by atoms with Crippen LogP contribution in [-0.2, 0) is 27.6 Å². The van der Waals surface area contributed by atoms with Gasteiger partial charge in [-0.05, 0) is 47.5 Å². The molecule has 0 bridgehead atoms. The molecule has 0 saturated carbocycles. The molecule has 0 atom stereocenters. The largest absolute Gasteiger partial charge is 0.482 e. The van der Waals surface area contributed by atoms with E-state index in [9.17, 15) is 9.59 Å². The summed E-state index contributed by atoms with van der Waals surface area (Å²) in [7, 11) is 1.33. The molecule has 3 aromatic rings. The highest BCUT2D eigenvalue weighted by Gasteiger charge is 2.08. The molecule has 1 N–H and O–H groups in total. The van der Waals surface area contributed by atoms with Gasteiger partial charge in [-0.2, -0.15) is 11.8 Å². The number of methoxy groups -OCH3 is 1. The molecule has 2 aromatic carbocycles. The lowest BCUT2D eigenvalue weighted by Gasteiger charge is -2.08. The molecule has 0 aliphatic heterocycles. The van der Waals surface area contributed by atoms with Crippen LogP contribution in [-0.4, -0.2) is 25.6 Å². The predicted octanol–water partition coefficient (Wildman–Crippen LogP) is 4.19. The summed E-state index contributed by atoms with van der Waals surface area (Å²) in [5, 5.41) is 2.85. The van der Waals surface area contributed by atoms with Gasteiger partial charge in [0, 0.05) is 17.1 Å². The second-order valence-electron chi connectivity index (χ2n) is 6.47. The second kappa shape index (κ2) is 11.1. The first-order valence-corrected chi connectivity index (χ1v) is 10.6. The Kier molecular flexibility index (Phi) is 7.97. The highest BCUT2D eigenvalue weighted by Crippen LogP contribution is 2.21. The lowest BCUT2D eigenvalue weighted by Crippen LogP contribution is -2.22. The standard InChI is InChI=1S/C23H23NO5S/c1-27-22(25)14-29-20-8-3-6-18(12-20)16-30-15-17-5-2-7-19(11-17)23(26)24-13-21-9-4-10-28-21/h2-12H,13-16H2,1H3,(H,24,26). The topological polar surface area (TPSA) is 77.8 Å². The van der Waals surface area contributed by atoms with Gasteiger partial charge in [0.1, 0.15) is 11.5 Å². The van der Waals surface area contributed by atoms with Crippen LogP contribution in [0.5, 0.6) is 5.75 Å². The van der Waals surface area contributed by atoms with Gasteiger partial charge in [0.2, 0.25) is 0 Å². The first kappa shape index (κ1) is 21.5. The quantitative estimate of drug-likeness (QED) is 0.491. The van der Waals surface area contributed by atoms with Crippen molar-refractivity contribution in [2.45, 2.75) is 18.1 Å². The van der Waals surface area contributed by atoms with E-state index in [1.54, 1.807) is 30.2 Å². The molecule has 7 heteroatoms. The van der Waals surface area contributed by atoms with Gasteiger partial charge in [0.15, 0.2) is 6.61 Å². The van der Waals surface area contributed by atoms with E-state index < -0.39 is 5.97 Å². The number of carbonyl (C=O) groups is 2. The molecular weight excluding hydrogens is 402 g/mol. The minimum Gasteiger partial charge on any atom is -0.482 e. The Morgan fingerprint density at radius 3 is 2.50 bits per heavy atom. The van der Waals surface area contributed by atoms with E-state index in [2.05, 4.69) is 10.1 Å². The summed E-state index contributed by atoms with van der Waals surface area (Å²) in [5.74, 6) is 2.36. The van der Waals surface area contributed by atoms with Crippen molar-refractivity contribution in [1.82, 2.24) is 5.32 Å². The number of rotatable bonds is 10. The normalized spacial score (nSPS) is 10.4. The summed E-state index contributed by atoms with van der Waals surface area (Å²) < 4.78 is 15.2. The number of ether oxygens (including phenoxy) is 2. The van der Waals surface area contributed by atoms with Gasteiger partial charge in [-0.15, -0.1) is 0 Å². The number of esters is 1. The van der Waals surface area contributed by atoms with Gasteiger partial charge in [-0.1, -0.05) is 24.3 Å². The van der Waals surface area contributed by atoms with Crippen molar-refractivity contribution in [3.05, 3.63) is 89.4 Å².